The highest BCUT2D eigenvalue weighted by molar-refractivity contribution is 7.20. The van der Waals surface area contributed by atoms with Gasteiger partial charge >= 0.3 is 0 Å². The SMILES string of the molecule is CC1(C)C2=Cc3sc4ccccc4c3CC2c2ccccc21. The van der Waals surface area contributed by atoms with Crippen LogP contribution >= 0.6 is 11.3 Å². The quantitative estimate of drug-likeness (QED) is 0.484. The van der Waals surface area contributed by atoms with Crippen molar-refractivity contribution in [1.29, 1.82) is 0 Å². The summed E-state index contributed by atoms with van der Waals surface area (Å²) >= 11 is 1.95. The number of fused-ring (bicyclic) bond motifs is 6. The zero-order chi connectivity index (χ0) is 14.9. The second kappa shape index (κ2) is 4.11. The minimum Gasteiger partial charge on any atom is -0.136 e. The predicted molar refractivity (Wildman–Crippen MR) is 95.7 cm³/mol. The molecule has 0 fully saturated rings. The van der Waals surface area contributed by atoms with Crippen LogP contribution in [0.1, 0.15) is 41.3 Å². The van der Waals surface area contributed by atoms with Crippen LogP contribution in [0.15, 0.2) is 54.1 Å². The van der Waals surface area contributed by atoms with Crippen LogP contribution in [-0.2, 0) is 11.8 Å². The van der Waals surface area contributed by atoms with E-state index in [1.54, 1.807) is 16.7 Å². The molecule has 1 heteroatoms. The Morgan fingerprint density at radius 1 is 1.00 bits per heavy atom. The van der Waals surface area contributed by atoms with E-state index < -0.39 is 0 Å². The van der Waals surface area contributed by atoms with Gasteiger partial charge in [0, 0.05) is 20.9 Å². The molecule has 0 spiro atoms. The number of hydrogen-bond acceptors (Lipinski definition) is 1. The molecule has 108 valence electrons. The molecule has 0 saturated heterocycles. The molecule has 2 aromatic carbocycles. The van der Waals surface area contributed by atoms with Crippen molar-refractivity contribution in [3.05, 3.63) is 75.7 Å². The highest BCUT2D eigenvalue weighted by Crippen LogP contribution is 2.55. The molecule has 0 amide bonds. The van der Waals surface area contributed by atoms with E-state index in [0.717, 1.165) is 6.42 Å². The summed E-state index contributed by atoms with van der Waals surface area (Å²) in [4.78, 5) is 1.48. The van der Waals surface area contributed by atoms with Crippen molar-refractivity contribution < 1.29 is 0 Å². The molecule has 3 aromatic rings. The van der Waals surface area contributed by atoms with Crippen molar-refractivity contribution in [3.8, 4) is 0 Å². The summed E-state index contributed by atoms with van der Waals surface area (Å²) in [5.74, 6) is 0.566. The van der Waals surface area contributed by atoms with Gasteiger partial charge in [-0.3, -0.25) is 0 Å². The Bertz CT molecular complexity index is 939. The lowest BCUT2D eigenvalue weighted by Crippen LogP contribution is -2.18. The Balaban J connectivity index is 1.79. The maximum absolute atomic E-state index is 2.49. The summed E-state index contributed by atoms with van der Waals surface area (Å²) in [5, 5.41) is 1.46. The van der Waals surface area contributed by atoms with Crippen molar-refractivity contribution in [3.63, 3.8) is 0 Å². The average molecular weight is 302 g/mol. The standard InChI is InChI=1S/C21H18S/c1-21(2)17-9-5-3-7-13(17)15-11-16-14-8-4-6-10-19(14)22-20(16)12-18(15)21/h3-10,12,15H,11H2,1-2H3. The molecule has 1 aromatic heterocycles. The van der Waals surface area contributed by atoms with Gasteiger partial charge in [-0.1, -0.05) is 61.9 Å². The van der Waals surface area contributed by atoms with E-state index in [9.17, 15) is 0 Å². The van der Waals surface area contributed by atoms with Gasteiger partial charge < -0.3 is 0 Å². The lowest BCUT2D eigenvalue weighted by Gasteiger charge is -2.27. The molecule has 2 aliphatic rings. The van der Waals surface area contributed by atoms with E-state index in [1.165, 1.54) is 20.5 Å². The zero-order valence-electron chi connectivity index (χ0n) is 12.9. The lowest BCUT2D eigenvalue weighted by atomic mass is 9.77. The fourth-order valence-electron chi connectivity index (χ4n) is 4.42. The summed E-state index contributed by atoms with van der Waals surface area (Å²) in [6.45, 7) is 4.77. The Kier molecular flexibility index (Phi) is 2.37. The van der Waals surface area contributed by atoms with E-state index in [4.69, 9.17) is 0 Å². The Morgan fingerprint density at radius 2 is 1.77 bits per heavy atom. The van der Waals surface area contributed by atoms with Crippen molar-refractivity contribution in [2.24, 2.45) is 0 Å². The number of allylic oxidation sites excluding steroid dienone is 1. The average Bonchev–Trinajstić information content (AvgIpc) is 3.00. The fraction of sp³-hybridized carbons (Fsp3) is 0.238. The van der Waals surface area contributed by atoms with Crippen molar-refractivity contribution in [1.82, 2.24) is 0 Å². The molecular weight excluding hydrogens is 284 g/mol. The van der Waals surface area contributed by atoms with Gasteiger partial charge in [-0.2, -0.15) is 0 Å². The number of thiophene rings is 1. The first-order chi connectivity index (χ1) is 10.7. The Morgan fingerprint density at radius 3 is 2.68 bits per heavy atom. The second-order valence-corrected chi connectivity index (χ2v) is 8.09. The first kappa shape index (κ1) is 12.7. The minimum absolute atomic E-state index is 0.162. The van der Waals surface area contributed by atoms with E-state index in [2.05, 4.69) is 68.5 Å². The van der Waals surface area contributed by atoms with Crippen molar-refractivity contribution in [2.45, 2.75) is 31.6 Å². The van der Waals surface area contributed by atoms with Crippen LogP contribution in [0, 0.1) is 0 Å². The summed E-state index contributed by atoms with van der Waals surface area (Å²) in [5.41, 5.74) is 6.38. The highest BCUT2D eigenvalue weighted by atomic mass is 32.1. The summed E-state index contributed by atoms with van der Waals surface area (Å²) in [6.07, 6.45) is 3.65. The summed E-state index contributed by atoms with van der Waals surface area (Å²) in [7, 11) is 0. The number of benzene rings is 2. The van der Waals surface area contributed by atoms with Gasteiger partial charge in [0.25, 0.3) is 0 Å². The van der Waals surface area contributed by atoms with Crippen molar-refractivity contribution >= 4 is 27.5 Å². The molecule has 0 N–H and O–H groups in total. The third kappa shape index (κ3) is 1.47. The molecule has 1 unspecified atom stereocenters. The van der Waals surface area contributed by atoms with E-state index in [1.807, 2.05) is 11.3 Å². The molecule has 0 aliphatic heterocycles. The smallest absolute Gasteiger partial charge is 0.0352 e. The van der Waals surface area contributed by atoms with E-state index >= 15 is 0 Å². The van der Waals surface area contributed by atoms with Gasteiger partial charge in [0.05, 0.1) is 0 Å². The van der Waals surface area contributed by atoms with Crippen LogP contribution in [0.5, 0.6) is 0 Å². The molecule has 5 rings (SSSR count). The normalized spacial score (nSPS) is 21.2. The molecule has 0 bridgehead atoms. The van der Waals surface area contributed by atoms with Gasteiger partial charge in [-0.15, -0.1) is 11.3 Å². The predicted octanol–water partition coefficient (Wildman–Crippen LogP) is 5.92. The van der Waals surface area contributed by atoms with E-state index in [0.29, 0.717) is 5.92 Å². The largest absolute Gasteiger partial charge is 0.136 e. The monoisotopic (exact) mass is 302 g/mol. The van der Waals surface area contributed by atoms with E-state index in [-0.39, 0.29) is 5.41 Å². The van der Waals surface area contributed by atoms with Gasteiger partial charge in [0.15, 0.2) is 0 Å². The molecule has 1 heterocycles. The first-order valence-corrected chi connectivity index (χ1v) is 8.80. The van der Waals surface area contributed by atoms with Crippen LogP contribution in [0.25, 0.3) is 16.2 Å². The van der Waals surface area contributed by atoms with Gasteiger partial charge in [-0.05, 0) is 40.6 Å². The number of rotatable bonds is 0. The molecular formula is C21H18S. The second-order valence-electron chi connectivity index (χ2n) is 7.01. The Hall–Kier alpha value is -1.86. The Labute approximate surface area is 135 Å². The number of hydrogen-bond donors (Lipinski definition) is 0. The van der Waals surface area contributed by atoms with Crippen LogP contribution in [0.3, 0.4) is 0 Å². The fourth-order valence-corrected chi connectivity index (χ4v) is 5.61. The van der Waals surface area contributed by atoms with Crippen LogP contribution in [0.2, 0.25) is 0 Å². The summed E-state index contributed by atoms with van der Waals surface area (Å²) < 4.78 is 1.43. The van der Waals surface area contributed by atoms with Gasteiger partial charge in [-0.25, -0.2) is 0 Å². The molecule has 1 atom stereocenters. The molecule has 2 aliphatic carbocycles. The van der Waals surface area contributed by atoms with Gasteiger partial charge in [0.1, 0.15) is 0 Å². The molecule has 22 heavy (non-hydrogen) atoms. The third-order valence-electron chi connectivity index (χ3n) is 5.53. The topological polar surface area (TPSA) is 0 Å². The highest BCUT2D eigenvalue weighted by Gasteiger charge is 2.43. The van der Waals surface area contributed by atoms with Crippen LogP contribution in [-0.4, -0.2) is 0 Å². The van der Waals surface area contributed by atoms with Gasteiger partial charge in [0.2, 0.25) is 0 Å². The minimum atomic E-state index is 0.162. The van der Waals surface area contributed by atoms with Crippen LogP contribution < -0.4 is 0 Å². The third-order valence-corrected chi connectivity index (χ3v) is 6.69. The molecule has 0 saturated carbocycles. The maximum Gasteiger partial charge on any atom is 0.0352 e. The summed E-state index contributed by atoms with van der Waals surface area (Å²) in [6, 6.07) is 17.9. The van der Waals surface area contributed by atoms with Crippen molar-refractivity contribution in [2.75, 3.05) is 0 Å². The van der Waals surface area contributed by atoms with Crippen LogP contribution in [0.4, 0.5) is 0 Å². The lowest BCUT2D eigenvalue weighted by molar-refractivity contribution is 0.615. The zero-order valence-corrected chi connectivity index (χ0v) is 13.7. The maximum atomic E-state index is 2.49. The molecule has 0 nitrogen and oxygen atoms in total. The first-order valence-electron chi connectivity index (χ1n) is 7.98. The molecule has 0 radical (unpaired) electrons.